The Labute approximate surface area is 186 Å². The quantitative estimate of drug-likeness (QED) is 0.0806. The molecule has 0 fully saturated rings. The number of anilines is 1. The number of benzene rings is 1. The Balaban J connectivity index is -0.000000359. The van der Waals surface area contributed by atoms with Gasteiger partial charge in [0.15, 0.2) is 0 Å². The van der Waals surface area contributed by atoms with E-state index in [1.165, 1.54) is 51.4 Å². The largest absolute Gasteiger partial charge is 0.396 e. The van der Waals surface area contributed by atoms with Crippen LogP contribution in [0.4, 0.5) is 5.69 Å². The van der Waals surface area contributed by atoms with Gasteiger partial charge in [0, 0.05) is 45.0 Å². The zero-order chi connectivity index (χ0) is 17.2. The first-order valence-corrected chi connectivity index (χ1v) is 9.32. The van der Waals surface area contributed by atoms with Crippen LogP contribution in [0.15, 0.2) is 30.3 Å². The van der Waals surface area contributed by atoms with Gasteiger partial charge in [0.05, 0.1) is 0 Å². The third kappa shape index (κ3) is 22.3. The maximum atomic E-state index is 8.54. The fraction of sp³-hybridized carbons (Fsp3) is 0.632. The van der Waals surface area contributed by atoms with Crippen molar-refractivity contribution in [2.75, 3.05) is 11.9 Å². The number of para-hydroxylation sites is 1. The number of hydrazine groups is 1. The molecule has 1 radical (unpaired) electrons. The molecule has 1 atom stereocenters. The molecule has 0 aliphatic rings. The molecule has 5 N–H and O–H groups in total. The Kier molecular flexibility index (Phi) is 29.3. The van der Waals surface area contributed by atoms with Gasteiger partial charge in [-0.3, -0.25) is 5.84 Å². The minimum Gasteiger partial charge on any atom is -0.396 e. The number of hydrogen-bond acceptors (Lipinski definition) is 5. The molecule has 0 saturated carbocycles. The second-order valence-corrected chi connectivity index (χ2v) is 6.15. The van der Waals surface area contributed by atoms with Crippen molar-refractivity contribution in [3.8, 4) is 0 Å². The van der Waals surface area contributed by atoms with Crippen LogP contribution >= 0.6 is 12.6 Å². The number of nitrogens with two attached hydrogens (primary N) is 1. The van der Waals surface area contributed by atoms with Gasteiger partial charge in [-0.1, -0.05) is 76.5 Å². The predicted octanol–water partition coefficient (Wildman–Crippen LogP) is 4.73. The summed E-state index contributed by atoms with van der Waals surface area (Å²) in [6, 6.07) is 9.73. The topological polar surface area (TPSA) is 70.3 Å². The minimum atomic E-state index is -0.211. The molecular formula is C19H38N3OSY-. The molecule has 0 amide bonds. The Morgan fingerprint density at radius 2 is 1.44 bits per heavy atom. The van der Waals surface area contributed by atoms with Crippen LogP contribution in [0.25, 0.3) is 0 Å². The number of hydrogen-bond donors (Lipinski definition) is 5. The molecule has 0 aromatic heterocycles. The van der Waals surface area contributed by atoms with Crippen molar-refractivity contribution in [2.24, 2.45) is 5.84 Å². The van der Waals surface area contributed by atoms with Gasteiger partial charge in [0.2, 0.25) is 0 Å². The number of thiol groups is 1. The number of nitrogens with one attached hydrogen (secondary N) is 2. The standard InChI is InChI=1S/C11H24O.C7H11N3S.CH3.Y/c1-2-3-4-5-6-7-8-9-10-11-12;8-10-7(11)9-6-4-2-1-3-5-6;;/h12H,2-11H2,1H3;1-5,7,9-11H,8H2;1H3;/q;;-1;. The summed E-state index contributed by atoms with van der Waals surface area (Å²) < 4.78 is 0. The summed E-state index contributed by atoms with van der Waals surface area (Å²) in [7, 11) is 0. The summed E-state index contributed by atoms with van der Waals surface area (Å²) in [6.07, 6.45) is 11.8. The molecule has 25 heavy (non-hydrogen) atoms. The average molecular weight is 446 g/mol. The van der Waals surface area contributed by atoms with Gasteiger partial charge in [-0.15, -0.1) is 12.6 Å². The molecule has 1 unspecified atom stereocenters. The summed E-state index contributed by atoms with van der Waals surface area (Å²) in [4.78, 5) is 0. The Hall–Kier alpha value is 0.354. The summed E-state index contributed by atoms with van der Waals surface area (Å²) >= 11 is 4.09. The van der Waals surface area contributed by atoms with E-state index in [1.807, 2.05) is 30.3 Å². The first-order valence-electron chi connectivity index (χ1n) is 8.81. The molecule has 6 heteroatoms. The van der Waals surface area contributed by atoms with E-state index in [4.69, 9.17) is 10.9 Å². The predicted molar refractivity (Wildman–Crippen MR) is 111 cm³/mol. The molecular weight excluding hydrogens is 407 g/mol. The summed E-state index contributed by atoms with van der Waals surface area (Å²) in [5.41, 5.74) is 3.25. The third-order valence-electron chi connectivity index (χ3n) is 3.50. The van der Waals surface area contributed by atoms with Crippen LogP contribution in [-0.4, -0.2) is 17.2 Å². The average Bonchev–Trinajstić information content (AvgIpc) is 2.59. The van der Waals surface area contributed by atoms with Crippen LogP contribution < -0.4 is 16.6 Å². The zero-order valence-corrected chi connectivity index (χ0v) is 19.8. The molecule has 145 valence electrons. The number of aliphatic hydroxyl groups excluding tert-OH is 1. The minimum absolute atomic E-state index is 0. The van der Waals surface area contributed by atoms with Gasteiger partial charge in [-0.05, 0) is 18.6 Å². The molecule has 0 aliphatic carbocycles. The molecule has 1 aromatic rings. The third-order valence-corrected chi connectivity index (χ3v) is 3.77. The Bertz CT molecular complexity index is 335. The van der Waals surface area contributed by atoms with E-state index in [1.54, 1.807) is 0 Å². The molecule has 1 rings (SSSR count). The van der Waals surface area contributed by atoms with Crippen molar-refractivity contribution < 1.29 is 37.8 Å². The monoisotopic (exact) mass is 445 g/mol. The maximum Gasteiger partial charge on any atom is 0.135 e. The van der Waals surface area contributed by atoms with Gasteiger partial charge < -0.3 is 17.8 Å². The SMILES string of the molecule is CCCCCCCCCCCO.NNC(S)Nc1ccccc1.[CH3-].[Y]. The summed E-state index contributed by atoms with van der Waals surface area (Å²) in [6.45, 7) is 2.62. The molecule has 0 bridgehead atoms. The van der Waals surface area contributed by atoms with Crippen molar-refractivity contribution >= 4 is 18.3 Å². The van der Waals surface area contributed by atoms with Gasteiger partial charge in [-0.25, -0.2) is 5.43 Å². The van der Waals surface area contributed by atoms with E-state index in [9.17, 15) is 0 Å². The number of rotatable bonds is 12. The van der Waals surface area contributed by atoms with E-state index < -0.39 is 0 Å². The molecule has 0 heterocycles. The van der Waals surface area contributed by atoms with E-state index in [-0.39, 0.29) is 45.6 Å². The van der Waals surface area contributed by atoms with Crippen molar-refractivity contribution in [2.45, 2.75) is 70.2 Å². The number of aliphatic hydroxyl groups is 1. The van der Waals surface area contributed by atoms with Gasteiger partial charge in [0.25, 0.3) is 0 Å². The van der Waals surface area contributed by atoms with Crippen LogP contribution in [0.3, 0.4) is 0 Å². The maximum absolute atomic E-state index is 8.54. The Morgan fingerprint density at radius 1 is 0.960 bits per heavy atom. The molecule has 1 aromatic carbocycles. The van der Waals surface area contributed by atoms with Gasteiger partial charge >= 0.3 is 0 Å². The number of unbranched alkanes of at least 4 members (excludes halogenated alkanes) is 8. The van der Waals surface area contributed by atoms with Crippen LogP contribution in [-0.2, 0) is 32.7 Å². The van der Waals surface area contributed by atoms with Crippen molar-refractivity contribution in [1.29, 1.82) is 0 Å². The molecule has 0 spiro atoms. The van der Waals surface area contributed by atoms with Gasteiger partial charge in [-0.2, -0.15) is 0 Å². The van der Waals surface area contributed by atoms with Crippen LogP contribution in [0.5, 0.6) is 0 Å². The van der Waals surface area contributed by atoms with Gasteiger partial charge in [0.1, 0.15) is 5.50 Å². The second kappa shape index (κ2) is 24.4. The summed E-state index contributed by atoms with van der Waals surface area (Å²) in [5.74, 6) is 5.13. The van der Waals surface area contributed by atoms with Crippen molar-refractivity contribution in [3.05, 3.63) is 37.8 Å². The van der Waals surface area contributed by atoms with Crippen LogP contribution in [0.2, 0.25) is 0 Å². The fourth-order valence-corrected chi connectivity index (χ4v) is 2.31. The van der Waals surface area contributed by atoms with Crippen LogP contribution in [0.1, 0.15) is 64.7 Å². The molecule has 0 saturated heterocycles. The summed E-state index contributed by atoms with van der Waals surface area (Å²) in [5, 5.41) is 11.6. The smallest absolute Gasteiger partial charge is 0.135 e. The normalized spacial score (nSPS) is 10.6. The van der Waals surface area contributed by atoms with Crippen molar-refractivity contribution in [1.82, 2.24) is 5.43 Å². The zero-order valence-electron chi connectivity index (χ0n) is 16.1. The second-order valence-electron chi connectivity index (χ2n) is 5.63. The van der Waals surface area contributed by atoms with E-state index in [2.05, 4.69) is 30.3 Å². The van der Waals surface area contributed by atoms with E-state index in [0.717, 1.165) is 12.1 Å². The molecule has 0 aliphatic heterocycles. The fourth-order valence-electron chi connectivity index (χ4n) is 2.16. The molecule has 4 nitrogen and oxygen atoms in total. The van der Waals surface area contributed by atoms with Crippen LogP contribution in [0, 0.1) is 7.43 Å². The van der Waals surface area contributed by atoms with E-state index in [0.29, 0.717) is 6.61 Å². The first kappa shape index (κ1) is 30.1. The van der Waals surface area contributed by atoms with E-state index >= 15 is 0 Å². The Morgan fingerprint density at radius 3 is 1.88 bits per heavy atom. The van der Waals surface area contributed by atoms with Crippen molar-refractivity contribution in [3.63, 3.8) is 0 Å². The first-order chi connectivity index (χ1) is 11.2.